The molecule has 1 amide bonds. The zero-order chi connectivity index (χ0) is 15.5. The van der Waals surface area contributed by atoms with E-state index in [4.69, 9.17) is 5.73 Å². The summed E-state index contributed by atoms with van der Waals surface area (Å²) in [6.07, 6.45) is 4.32. The molecule has 0 atom stereocenters. The molecular weight excluding hydrogens is 290 g/mol. The Morgan fingerprint density at radius 2 is 1.71 bits per heavy atom. The summed E-state index contributed by atoms with van der Waals surface area (Å²) in [5.41, 5.74) is 6.69. The smallest absolute Gasteiger partial charge is 0.229 e. The van der Waals surface area contributed by atoms with Crippen LogP contribution in [0.4, 0.5) is 11.4 Å². The highest BCUT2D eigenvalue weighted by molar-refractivity contribution is 7.92. The maximum Gasteiger partial charge on any atom is 0.229 e. The number of amides is 1. The SMILES string of the molecule is CS(=O)(=O)Nc1ccccc1NC(=O)C1CCC(N)CC1. The van der Waals surface area contributed by atoms with Crippen LogP contribution in [0.2, 0.25) is 0 Å². The van der Waals surface area contributed by atoms with Crippen LogP contribution in [0, 0.1) is 5.92 Å². The first-order chi connectivity index (χ1) is 9.85. The number of carbonyl (C=O) groups excluding carboxylic acids is 1. The molecular formula is C14H21N3O3S. The van der Waals surface area contributed by atoms with E-state index in [0.29, 0.717) is 11.4 Å². The lowest BCUT2D eigenvalue weighted by Gasteiger charge is -2.25. The third kappa shape index (κ3) is 4.71. The summed E-state index contributed by atoms with van der Waals surface area (Å²) < 4.78 is 25.1. The number of nitrogens with one attached hydrogen (secondary N) is 2. The molecule has 0 aliphatic heterocycles. The van der Waals surface area contributed by atoms with Crippen molar-refractivity contribution in [3.8, 4) is 0 Å². The fourth-order valence-corrected chi connectivity index (χ4v) is 3.07. The van der Waals surface area contributed by atoms with Crippen LogP contribution in [-0.2, 0) is 14.8 Å². The molecule has 0 aromatic heterocycles. The summed E-state index contributed by atoms with van der Waals surface area (Å²) in [5.74, 6) is -0.138. The first-order valence-electron chi connectivity index (χ1n) is 6.98. The van der Waals surface area contributed by atoms with Crippen LogP contribution in [-0.4, -0.2) is 26.6 Å². The van der Waals surface area contributed by atoms with Gasteiger partial charge in [0.05, 0.1) is 17.6 Å². The standard InChI is InChI=1S/C14H21N3O3S/c1-21(19,20)17-13-5-3-2-4-12(13)16-14(18)10-6-8-11(15)9-7-10/h2-5,10-11,17H,6-9,15H2,1H3,(H,16,18). The van der Waals surface area contributed by atoms with E-state index in [-0.39, 0.29) is 17.9 Å². The Morgan fingerprint density at radius 3 is 2.29 bits per heavy atom. The number of hydrogen-bond donors (Lipinski definition) is 3. The Balaban J connectivity index is 2.07. The molecule has 7 heteroatoms. The highest BCUT2D eigenvalue weighted by Crippen LogP contribution is 2.27. The van der Waals surface area contributed by atoms with Gasteiger partial charge in [0.2, 0.25) is 15.9 Å². The predicted octanol–water partition coefficient (Wildman–Crippen LogP) is 1.51. The Bertz CT molecular complexity index is 608. The normalized spacial score (nSPS) is 22.6. The number of benzene rings is 1. The van der Waals surface area contributed by atoms with E-state index in [9.17, 15) is 13.2 Å². The van der Waals surface area contributed by atoms with Crippen molar-refractivity contribution in [3.05, 3.63) is 24.3 Å². The van der Waals surface area contributed by atoms with Gasteiger partial charge in [-0.3, -0.25) is 9.52 Å². The van der Waals surface area contributed by atoms with Gasteiger partial charge < -0.3 is 11.1 Å². The molecule has 0 heterocycles. The largest absolute Gasteiger partial charge is 0.328 e. The maximum atomic E-state index is 12.3. The molecule has 1 fully saturated rings. The van der Waals surface area contributed by atoms with Crippen LogP contribution in [0.25, 0.3) is 0 Å². The van der Waals surface area contributed by atoms with Gasteiger partial charge in [0, 0.05) is 12.0 Å². The third-order valence-electron chi connectivity index (χ3n) is 3.62. The van der Waals surface area contributed by atoms with Gasteiger partial charge >= 0.3 is 0 Å². The van der Waals surface area contributed by atoms with Crippen LogP contribution >= 0.6 is 0 Å². The van der Waals surface area contributed by atoms with Gasteiger partial charge in [0.15, 0.2) is 0 Å². The second kappa shape index (κ2) is 6.44. The summed E-state index contributed by atoms with van der Waals surface area (Å²) in [7, 11) is -3.39. The maximum absolute atomic E-state index is 12.3. The van der Waals surface area contributed by atoms with E-state index in [1.165, 1.54) is 0 Å². The fourth-order valence-electron chi connectivity index (χ4n) is 2.50. The van der Waals surface area contributed by atoms with Gasteiger partial charge in [-0.25, -0.2) is 8.42 Å². The summed E-state index contributed by atoms with van der Waals surface area (Å²) in [6, 6.07) is 6.95. The van der Waals surface area contributed by atoms with Crippen molar-refractivity contribution in [3.63, 3.8) is 0 Å². The van der Waals surface area contributed by atoms with Crippen LogP contribution < -0.4 is 15.8 Å². The van der Waals surface area contributed by atoms with Gasteiger partial charge in [-0.1, -0.05) is 12.1 Å². The molecule has 1 aliphatic rings. The van der Waals surface area contributed by atoms with Crippen molar-refractivity contribution < 1.29 is 13.2 Å². The lowest BCUT2D eigenvalue weighted by Crippen LogP contribution is -2.32. The minimum Gasteiger partial charge on any atom is -0.328 e. The molecule has 2 rings (SSSR count). The number of sulfonamides is 1. The summed E-state index contributed by atoms with van der Waals surface area (Å²) >= 11 is 0. The van der Waals surface area contributed by atoms with Crippen molar-refractivity contribution >= 4 is 27.3 Å². The number of hydrogen-bond acceptors (Lipinski definition) is 4. The molecule has 0 saturated heterocycles. The van der Waals surface area contributed by atoms with Crippen molar-refractivity contribution in [2.75, 3.05) is 16.3 Å². The molecule has 116 valence electrons. The Hall–Kier alpha value is -1.60. The number of nitrogens with two attached hydrogens (primary N) is 1. The Kier molecular flexibility index (Phi) is 4.84. The molecule has 0 bridgehead atoms. The lowest BCUT2D eigenvalue weighted by atomic mass is 9.86. The molecule has 1 aromatic carbocycles. The van der Waals surface area contributed by atoms with Crippen molar-refractivity contribution in [1.82, 2.24) is 0 Å². The molecule has 1 saturated carbocycles. The van der Waals surface area contributed by atoms with Gasteiger partial charge in [-0.15, -0.1) is 0 Å². The number of anilines is 2. The lowest BCUT2D eigenvalue weighted by molar-refractivity contribution is -0.120. The number of para-hydroxylation sites is 2. The average molecular weight is 311 g/mol. The minimum atomic E-state index is -3.39. The highest BCUT2D eigenvalue weighted by atomic mass is 32.2. The molecule has 0 spiro atoms. The van der Waals surface area contributed by atoms with Crippen molar-refractivity contribution in [2.45, 2.75) is 31.7 Å². The van der Waals surface area contributed by atoms with E-state index < -0.39 is 10.0 Å². The van der Waals surface area contributed by atoms with Crippen LogP contribution in [0.3, 0.4) is 0 Å². The second-order valence-electron chi connectivity index (χ2n) is 5.52. The molecule has 0 unspecified atom stereocenters. The van der Waals surface area contributed by atoms with Crippen LogP contribution in [0.5, 0.6) is 0 Å². The zero-order valence-corrected chi connectivity index (χ0v) is 12.8. The summed E-state index contributed by atoms with van der Waals surface area (Å²) in [4.78, 5) is 12.3. The highest BCUT2D eigenvalue weighted by Gasteiger charge is 2.25. The molecule has 4 N–H and O–H groups in total. The van der Waals surface area contributed by atoms with E-state index in [2.05, 4.69) is 10.0 Å². The van der Waals surface area contributed by atoms with Crippen molar-refractivity contribution in [1.29, 1.82) is 0 Å². The van der Waals surface area contributed by atoms with Gasteiger partial charge in [-0.2, -0.15) is 0 Å². The van der Waals surface area contributed by atoms with Crippen LogP contribution in [0.1, 0.15) is 25.7 Å². The average Bonchev–Trinajstić information content (AvgIpc) is 2.40. The van der Waals surface area contributed by atoms with E-state index in [1.54, 1.807) is 24.3 Å². The Labute approximate surface area is 125 Å². The minimum absolute atomic E-state index is 0.0592. The molecule has 21 heavy (non-hydrogen) atoms. The van der Waals surface area contributed by atoms with Gasteiger partial charge in [0.1, 0.15) is 0 Å². The van der Waals surface area contributed by atoms with Gasteiger partial charge in [0.25, 0.3) is 0 Å². The van der Waals surface area contributed by atoms with E-state index in [0.717, 1.165) is 31.9 Å². The van der Waals surface area contributed by atoms with Gasteiger partial charge in [-0.05, 0) is 37.8 Å². The summed E-state index contributed by atoms with van der Waals surface area (Å²) in [6.45, 7) is 0. The third-order valence-corrected chi connectivity index (χ3v) is 4.21. The predicted molar refractivity (Wildman–Crippen MR) is 83.5 cm³/mol. The summed E-state index contributed by atoms with van der Waals surface area (Å²) in [5, 5.41) is 2.81. The zero-order valence-electron chi connectivity index (χ0n) is 12.0. The monoisotopic (exact) mass is 311 g/mol. The second-order valence-corrected chi connectivity index (χ2v) is 7.27. The number of rotatable bonds is 4. The molecule has 1 aliphatic carbocycles. The molecule has 0 radical (unpaired) electrons. The van der Waals surface area contributed by atoms with Crippen LogP contribution in [0.15, 0.2) is 24.3 Å². The van der Waals surface area contributed by atoms with Crippen molar-refractivity contribution in [2.24, 2.45) is 11.7 Å². The first kappa shape index (κ1) is 15.8. The van der Waals surface area contributed by atoms with E-state index in [1.807, 2.05) is 0 Å². The van der Waals surface area contributed by atoms with E-state index >= 15 is 0 Å². The molecule has 6 nitrogen and oxygen atoms in total. The molecule has 1 aromatic rings. The first-order valence-corrected chi connectivity index (χ1v) is 8.87. The topological polar surface area (TPSA) is 101 Å². The quantitative estimate of drug-likeness (QED) is 0.784. The number of carbonyl (C=O) groups is 1. The Morgan fingerprint density at radius 1 is 1.14 bits per heavy atom. The fraction of sp³-hybridized carbons (Fsp3) is 0.500.